The Hall–Kier alpha value is -1.55. The van der Waals surface area contributed by atoms with E-state index in [-0.39, 0.29) is 11.7 Å². The average molecular weight is 243 g/mol. The third-order valence-corrected chi connectivity index (χ3v) is 2.53. The van der Waals surface area contributed by atoms with Crippen LogP contribution in [-0.2, 0) is 4.74 Å². The largest absolute Gasteiger partial charge is 0.394 e. The van der Waals surface area contributed by atoms with Crippen molar-refractivity contribution in [2.24, 2.45) is 5.73 Å². The SMILES string of the molecule is N=C(N)c1ncn([C@@H]2O[C@H](CO)[C@H](O)[C@H]2O)n1. The Balaban J connectivity index is 2.19. The Morgan fingerprint density at radius 2 is 2.24 bits per heavy atom. The molecule has 0 bridgehead atoms. The van der Waals surface area contributed by atoms with Crippen molar-refractivity contribution >= 4 is 5.84 Å². The van der Waals surface area contributed by atoms with Gasteiger partial charge in [-0.15, -0.1) is 5.10 Å². The molecule has 2 rings (SSSR count). The van der Waals surface area contributed by atoms with Crippen molar-refractivity contribution in [2.45, 2.75) is 24.5 Å². The monoisotopic (exact) mass is 243 g/mol. The predicted octanol–water partition coefficient (Wildman–Crippen LogP) is -2.83. The molecule has 0 radical (unpaired) electrons. The number of aliphatic hydroxyl groups excluding tert-OH is 3. The Labute approximate surface area is 96.0 Å². The van der Waals surface area contributed by atoms with Gasteiger partial charge in [0, 0.05) is 0 Å². The molecule has 1 aliphatic rings. The summed E-state index contributed by atoms with van der Waals surface area (Å²) in [4.78, 5) is 3.74. The third kappa shape index (κ3) is 2.00. The van der Waals surface area contributed by atoms with E-state index < -0.39 is 31.1 Å². The fourth-order valence-corrected chi connectivity index (χ4v) is 1.62. The molecular weight excluding hydrogens is 230 g/mol. The number of nitrogens with two attached hydrogens (primary N) is 1. The molecule has 0 unspecified atom stereocenters. The summed E-state index contributed by atoms with van der Waals surface area (Å²) in [6.45, 7) is -0.414. The second-order valence-corrected chi connectivity index (χ2v) is 3.69. The minimum absolute atomic E-state index is 0.00254. The molecule has 1 aromatic rings. The highest BCUT2D eigenvalue weighted by Crippen LogP contribution is 2.28. The van der Waals surface area contributed by atoms with E-state index in [1.807, 2.05) is 0 Å². The average Bonchev–Trinajstić information content (AvgIpc) is 2.87. The van der Waals surface area contributed by atoms with E-state index in [2.05, 4.69) is 10.1 Å². The topological polar surface area (TPSA) is 150 Å². The number of amidine groups is 1. The second kappa shape index (κ2) is 4.37. The summed E-state index contributed by atoms with van der Waals surface area (Å²) in [7, 11) is 0. The lowest BCUT2D eigenvalue weighted by atomic mass is 10.1. The highest BCUT2D eigenvalue weighted by Gasteiger charge is 2.43. The summed E-state index contributed by atoms with van der Waals surface area (Å²) in [6.07, 6.45) is -3.02. The van der Waals surface area contributed by atoms with Gasteiger partial charge >= 0.3 is 0 Å². The van der Waals surface area contributed by atoms with E-state index in [0.717, 1.165) is 4.68 Å². The Morgan fingerprint density at radius 1 is 1.53 bits per heavy atom. The molecule has 6 N–H and O–H groups in total. The number of nitrogens with zero attached hydrogens (tertiary/aromatic N) is 3. The smallest absolute Gasteiger partial charge is 0.215 e. The summed E-state index contributed by atoms with van der Waals surface area (Å²) in [5.41, 5.74) is 5.19. The number of hydrogen-bond donors (Lipinski definition) is 5. The van der Waals surface area contributed by atoms with E-state index in [0.29, 0.717) is 0 Å². The van der Waals surface area contributed by atoms with Crippen molar-refractivity contribution < 1.29 is 20.1 Å². The molecule has 0 spiro atoms. The van der Waals surface area contributed by atoms with Gasteiger partial charge in [-0.2, -0.15) is 0 Å². The van der Waals surface area contributed by atoms with E-state index >= 15 is 0 Å². The van der Waals surface area contributed by atoms with Gasteiger partial charge < -0.3 is 25.8 Å². The highest BCUT2D eigenvalue weighted by molar-refractivity contribution is 5.90. The van der Waals surface area contributed by atoms with Gasteiger partial charge in [-0.3, -0.25) is 5.41 Å². The molecule has 1 fully saturated rings. The molecule has 1 aliphatic heterocycles. The molecule has 4 atom stereocenters. The molecule has 0 amide bonds. The van der Waals surface area contributed by atoms with Crippen molar-refractivity contribution in [3.05, 3.63) is 12.2 Å². The highest BCUT2D eigenvalue weighted by atomic mass is 16.6. The minimum atomic E-state index is -1.23. The number of aliphatic hydroxyl groups is 3. The maximum atomic E-state index is 9.70. The van der Waals surface area contributed by atoms with Crippen molar-refractivity contribution in [3.8, 4) is 0 Å². The number of nitrogens with one attached hydrogen (secondary N) is 1. The lowest BCUT2D eigenvalue weighted by Crippen LogP contribution is -2.33. The van der Waals surface area contributed by atoms with Gasteiger partial charge in [-0.25, -0.2) is 9.67 Å². The number of ether oxygens (including phenoxy) is 1. The fraction of sp³-hybridized carbons (Fsp3) is 0.625. The van der Waals surface area contributed by atoms with Crippen molar-refractivity contribution in [1.82, 2.24) is 14.8 Å². The zero-order valence-corrected chi connectivity index (χ0v) is 8.76. The van der Waals surface area contributed by atoms with E-state index in [1.54, 1.807) is 0 Å². The first kappa shape index (κ1) is 11.9. The number of aromatic nitrogens is 3. The minimum Gasteiger partial charge on any atom is -0.394 e. The van der Waals surface area contributed by atoms with Crippen LogP contribution in [0.1, 0.15) is 12.1 Å². The first-order valence-corrected chi connectivity index (χ1v) is 4.92. The number of nitrogen functional groups attached to an aromatic ring is 1. The van der Waals surface area contributed by atoms with Crippen LogP contribution in [0.5, 0.6) is 0 Å². The van der Waals surface area contributed by atoms with E-state index in [1.165, 1.54) is 6.33 Å². The molecule has 0 saturated carbocycles. The molecule has 2 heterocycles. The molecule has 9 heteroatoms. The molecule has 0 aromatic carbocycles. The molecule has 94 valence electrons. The van der Waals surface area contributed by atoms with Crippen LogP contribution < -0.4 is 5.73 Å². The summed E-state index contributed by atoms with van der Waals surface area (Å²) in [5.74, 6) is -0.307. The van der Waals surface area contributed by atoms with Crippen LogP contribution >= 0.6 is 0 Å². The quantitative estimate of drug-likeness (QED) is 0.283. The van der Waals surface area contributed by atoms with Gasteiger partial charge in [-0.05, 0) is 0 Å². The standard InChI is InChI=1S/C8H13N5O4/c9-6(10)7-11-2-13(12-7)8-5(16)4(15)3(1-14)17-8/h2-5,8,14-16H,1H2,(H3,9,10)/t3-,4+,5-,8-/m1/s1. The van der Waals surface area contributed by atoms with Crippen LogP contribution in [0, 0.1) is 5.41 Å². The number of rotatable bonds is 3. The van der Waals surface area contributed by atoms with Crippen molar-refractivity contribution in [2.75, 3.05) is 6.61 Å². The van der Waals surface area contributed by atoms with Crippen molar-refractivity contribution in [1.29, 1.82) is 5.41 Å². The summed E-state index contributed by atoms with van der Waals surface area (Å²) < 4.78 is 6.37. The van der Waals surface area contributed by atoms with Gasteiger partial charge in [-0.1, -0.05) is 0 Å². The molecule has 9 nitrogen and oxygen atoms in total. The van der Waals surface area contributed by atoms with Gasteiger partial charge in [0.2, 0.25) is 5.82 Å². The van der Waals surface area contributed by atoms with Gasteiger partial charge in [0.05, 0.1) is 6.61 Å². The third-order valence-electron chi connectivity index (χ3n) is 2.53. The zero-order valence-electron chi connectivity index (χ0n) is 8.76. The van der Waals surface area contributed by atoms with Crippen LogP contribution in [0.4, 0.5) is 0 Å². The Morgan fingerprint density at radius 3 is 2.71 bits per heavy atom. The molecule has 0 aliphatic carbocycles. The normalized spacial score (nSPS) is 32.9. The first-order chi connectivity index (χ1) is 8.04. The van der Waals surface area contributed by atoms with Crippen molar-refractivity contribution in [3.63, 3.8) is 0 Å². The van der Waals surface area contributed by atoms with Gasteiger partial charge in [0.15, 0.2) is 12.1 Å². The van der Waals surface area contributed by atoms with Crippen LogP contribution in [0.25, 0.3) is 0 Å². The van der Waals surface area contributed by atoms with Crippen LogP contribution in [0.15, 0.2) is 6.33 Å². The van der Waals surface area contributed by atoms with Crippen LogP contribution in [0.2, 0.25) is 0 Å². The second-order valence-electron chi connectivity index (χ2n) is 3.69. The molecule has 1 saturated heterocycles. The Kier molecular flexibility index (Phi) is 3.07. The maximum Gasteiger partial charge on any atom is 0.215 e. The van der Waals surface area contributed by atoms with Gasteiger partial charge in [0.1, 0.15) is 24.6 Å². The lowest BCUT2D eigenvalue weighted by molar-refractivity contribution is -0.0588. The number of hydrogen-bond acceptors (Lipinski definition) is 7. The van der Waals surface area contributed by atoms with Crippen LogP contribution in [0.3, 0.4) is 0 Å². The van der Waals surface area contributed by atoms with Crippen LogP contribution in [-0.4, -0.2) is 60.8 Å². The predicted molar refractivity (Wildman–Crippen MR) is 54.0 cm³/mol. The Bertz CT molecular complexity index is 422. The lowest BCUT2D eigenvalue weighted by Gasteiger charge is -2.13. The maximum absolute atomic E-state index is 9.70. The van der Waals surface area contributed by atoms with Gasteiger partial charge in [0.25, 0.3) is 0 Å². The first-order valence-electron chi connectivity index (χ1n) is 4.92. The summed E-state index contributed by atoms with van der Waals surface area (Å²) in [6, 6.07) is 0. The molecular formula is C8H13N5O4. The summed E-state index contributed by atoms with van der Waals surface area (Å²) in [5, 5.41) is 39.1. The fourth-order valence-electron chi connectivity index (χ4n) is 1.62. The van der Waals surface area contributed by atoms with E-state index in [9.17, 15) is 10.2 Å². The molecule has 17 heavy (non-hydrogen) atoms. The summed E-state index contributed by atoms with van der Waals surface area (Å²) >= 11 is 0. The van der Waals surface area contributed by atoms with E-state index in [4.69, 9.17) is 21.0 Å². The zero-order chi connectivity index (χ0) is 12.6. The molecule has 1 aromatic heterocycles.